The van der Waals surface area contributed by atoms with Gasteiger partial charge in [-0.3, -0.25) is 14.9 Å². The molecule has 3 aromatic heterocycles. The van der Waals surface area contributed by atoms with Crippen LogP contribution < -0.4 is 10.7 Å². The maximum atomic E-state index is 11.5. The first-order chi connectivity index (χ1) is 12.5. The Hall–Kier alpha value is -3.35. The van der Waals surface area contributed by atoms with Crippen LogP contribution in [-0.4, -0.2) is 20.3 Å². The van der Waals surface area contributed by atoms with E-state index in [1.807, 2.05) is 29.5 Å². The zero-order valence-corrected chi connectivity index (χ0v) is 14.5. The summed E-state index contributed by atoms with van der Waals surface area (Å²) in [6.45, 7) is 3.44. The molecule has 0 saturated heterocycles. The third-order valence-electron chi connectivity index (χ3n) is 4.40. The molecule has 0 saturated carbocycles. The van der Waals surface area contributed by atoms with E-state index in [9.17, 15) is 9.59 Å². The number of fused-ring (bicyclic) bond motifs is 2. The van der Waals surface area contributed by atoms with Crippen molar-refractivity contribution in [1.29, 1.82) is 0 Å². The molecular weight excluding hydrogens is 332 g/mol. The fourth-order valence-corrected chi connectivity index (χ4v) is 3.10. The van der Waals surface area contributed by atoms with Gasteiger partial charge in [-0.2, -0.15) is 4.98 Å². The highest BCUT2D eigenvalue weighted by Crippen LogP contribution is 2.21. The van der Waals surface area contributed by atoms with Gasteiger partial charge in [0.1, 0.15) is 11.2 Å². The van der Waals surface area contributed by atoms with Gasteiger partial charge >= 0.3 is 6.01 Å². The van der Waals surface area contributed by atoms with Gasteiger partial charge < -0.3 is 13.8 Å². The minimum absolute atomic E-state index is 0.0106. The number of oxazole rings is 1. The van der Waals surface area contributed by atoms with E-state index in [4.69, 9.17) is 4.42 Å². The number of carbonyl (C=O) groups excluding carboxylic acids is 1. The molecule has 26 heavy (non-hydrogen) atoms. The van der Waals surface area contributed by atoms with E-state index in [2.05, 4.69) is 15.3 Å². The third-order valence-corrected chi connectivity index (χ3v) is 4.40. The van der Waals surface area contributed by atoms with Gasteiger partial charge in [0.25, 0.3) is 0 Å². The highest BCUT2D eigenvalue weighted by atomic mass is 16.4. The minimum atomic E-state index is -0.218. The molecular formula is C19H18N4O3. The molecule has 1 aromatic carbocycles. The van der Waals surface area contributed by atoms with Crippen LogP contribution in [0.25, 0.3) is 16.7 Å². The summed E-state index contributed by atoms with van der Waals surface area (Å²) in [6.07, 6.45) is 3.40. The number of nitrogens with zero attached hydrogens (tertiary/aromatic N) is 2. The number of carbonyl (C=O) groups is 1. The van der Waals surface area contributed by atoms with Crippen molar-refractivity contribution in [2.75, 3.05) is 5.32 Å². The van der Waals surface area contributed by atoms with Crippen LogP contribution >= 0.6 is 0 Å². The van der Waals surface area contributed by atoms with Gasteiger partial charge in [0.2, 0.25) is 5.91 Å². The quantitative estimate of drug-likeness (QED) is 0.592. The van der Waals surface area contributed by atoms with Crippen LogP contribution in [0.4, 0.5) is 6.01 Å². The van der Waals surface area contributed by atoms with Crippen molar-refractivity contribution in [1.82, 2.24) is 14.4 Å². The van der Waals surface area contributed by atoms with Gasteiger partial charge in [-0.25, -0.2) is 0 Å². The molecule has 3 heterocycles. The van der Waals surface area contributed by atoms with Crippen LogP contribution in [0.2, 0.25) is 0 Å². The summed E-state index contributed by atoms with van der Waals surface area (Å²) in [5.41, 5.74) is 5.43. The molecule has 132 valence electrons. The monoisotopic (exact) mass is 350 g/mol. The topological polar surface area (TPSA) is 92.4 Å². The van der Waals surface area contributed by atoms with E-state index in [0.717, 1.165) is 35.4 Å². The number of anilines is 1. The maximum Gasteiger partial charge on any atom is 0.302 e. The van der Waals surface area contributed by atoms with E-state index in [1.165, 1.54) is 6.92 Å². The molecule has 0 aliphatic rings. The Kier molecular flexibility index (Phi) is 3.84. The predicted molar refractivity (Wildman–Crippen MR) is 98.5 cm³/mol. The Morgan fingerprint density at radius 3 is 2.92 bits per heavy atom. The van der Waals surface area contributed by atoms with Crippen LogP contribution in [0.3, 0.4) is 0 Å². The molecule has 7 nitrogen and oxygen atoms in total. The first-order valence-electron chi connectivity index (χ1n) is 8.36. The van der Waals surface area contributed by atoms with Crippen LogP contribution in [-0.2, 0) is 17.6 Å². The first kappa shape index (κ1) is 16.1. The summed E-state index contributed by atoms with van der Waals surface area (Å²) in [5.74, 6) is -0.218. The number of hydrogen-bond acceptors (Lipinski definition) is 4. The number of benzene rings is 1. The Morgan fingerprint density at radius 1 is 1.27 bits per heavy atom. The maximum absolute atomic E-state index is 11.5. The summed E-state index contributed by atoms with van der Waals surface area (Å²) in [5, 5.41) is 2.55. The lowest BCUT2D eigenvalue weighted by atomic mass is 10.1. The number of rotatable bonds is 4. The Labute approximate surface area is 148 Å². The Balaban J connectivity index is 1.56. The van der Waals surface area contributed by atoms with Crippen LogP contribution in [0, 0.1) is 6.92 Å². The number of pyridine rings is 1. The minimum Gasteiger partial charge on any atom is -0.423 e. The molecule has 0 fully saturated rings. The molecule has 0 aliphatic heterocycles. The van der Waals surface area contributed by atoms with Gasteiger partial charge in [0.15, 0.2) is 11.0 Å². The molecule has 2 N–H and O–H groups in total. The van der Waals surface area contributed by atoms with E-state index in [0.29, 0.717) is 11.1 Å². The average molecular weight is 350 g/mol. The smallest absolute Gasteiger partial charge is 0.302 e. The fourth-order valence-electron chi connectivity index (χ4n) is 3.10. The van der Waals surface area contributed by atoms with Crippen molar-refractivity contribution in [2.45, 2.75) is 26.7 Å². The standard InChI is InChI=1S/C19H18N4O3/c1-11-15(21-18-10-14(25)7-8-23(11)18)5-3-13-4-6-16-17(9-13)26-19(22-16)20-12(2)24/h4,6-10,21H,3,5H2,1-2H3,(H,20,22,24). The van der Waals surface area contributed by atoms with Crippen molar-refractivity contribution in [3.63, 3.8) is 0 Å². The highest BCUT2D eigenvalue weighted by molar-refractivity contribution is 5.88. The summed E-state index contributed by atoms with van der Waals surface area (Å²) in [7, 11) is 0. The summed E-state index contributed by atoms with van der Waals surface area (Å²) in [4.78, 5) is 30.2. The Bertz CT molecular complexity index is 1180. The van der Waals surface area contributed by atoms with Crippen molar-refractivity contribution >= 4 is 28.7 Å². The number of aryl methyl sites for hydroxylation is 3. The van der Waals surface area contributed by atoms with Crippen LogP contribution in [0.5, 0.6) is 0 Å². The van der Waals surface area contributed by atoms with Crippen LogP contribution in [0.15, 0.2) is 45.7 Å². The number of H-pyrrole nitrogens is 1. The molecule has 0 radical (unpaired) electrons. The zero-order valence-electron chi connectivity index (χ0n) is 14.5. The molecule has 7 heteroatoms. The van der Waals surface area contributed by atoms with Gasteiger partial charge in [-0.1, -0.05) is 6.07 Å². The number of imidazole rings is 1. The van der Waals surface area contributed by atoms with Gasteiger partial charge in [0.05, 0.1) is 0 Å². The molecule has 0 unspecified atom stereocenters. The van der Waals surface area contributed by atoms with Crippen molar-refractivity contribution in [3.05, 3.63) is 63.7 Å². The largest absolute Gasteiger partial charge is 0.423 e. The zero-order chi connectivity index (χ0) is 18.3. The van der Waals surface area contributed by atoms with E-state index >= 15 is 0 Å². The molecule has 4 aromatic rings. The van der Waals surface area contributed by atoms with Gasteiger partial charge in [-0.05, 0) is 37.5 Å². The van der Waals surface area contributed by atoms with Gasteiger partial charge in [-0.15, -0.1) is 0 Å². The average Bonchev–Trinajstić information content (AvgIpc) is 3.12. The summed E-state index contributed by atoms with van der Waals surface area (Å²) >= 11 is 0. The molecule has 1 amide bonds. The number of amides is 1. The predicted octanol–water partition coefficient (Wildman–Crippen LogP) is 2.82. The number of aromatic amines is 1. The third kappa shape index (κ3) is 2.99. The lowest BCUT2D eigenvalue weighted by molar-refractivity contribution is -0.114. The SMILES string of the molecule is CC(=O)Nc1nc2ccc(CCc3[nH]c4cc(=O)ccn4c3C)cc2o1. The molecule has 0 bridgehead atoms. The van der Waals surface area contributed by atoms with Crippen molar-refractivity contribution in [3.8, 4) is 0 Å². The van der Waals surface area contributed by atoms with E-state index < -0.39 is 0 Å². The lowest BCUT2D eigenvalue weighted by Gasteiger charge is -2.01. The summed E-state index contributed by atoms with van der Waals surface area (Å²) in [6, 6.07) is 9.19. The number of hydrogen-bond donors (Lipinski definition) is 2. The van der Waals surface area contributed by atoms with Crippen molar-refractivity contribution < 1.29 is 9.21 Å². The number of aromatic nitrogens is 3. The van der Waals surface area contributed by atoms with Gasteiger partial charge in [0, 0.05) is 36.6 Å². The lowest BCUT2D eigenvalue weighted by Crippen LogP contribution is -2.05. The normalized spacial score (nSPS) is 11.3. The number of nitrogens with one attached hydrogen (secondary N) is 2. The second-order valence-electron chi connectivity index (χ2n) is 6.31. The summed E-state index contributed by atoms with van der Waals surface area (Å²) < 4.78 is 7.55. The highest BCUT2D eigenvalue weighted by Gasteiger charge is 2.10. The second kappa shape index (κ2) is 6.18. The van der Waals surface area contributed by atoms with E-state index in [1.54, 1.807) is 18.3 Å². The fraction of sp³-hybridized carbons (Fsp3) is 0.211. The first-order valence-corrected chi connectivity index (χ1v) is 8.36. The second-order valence-corrected chi connectivity index (χ2v) is 6.31. The van der Waals surface area contributed by atoms with Crippen molar-refractivity contribution in [2.24, 2.45) is 0 Å². The molecule has 0 aliphatic carbocycles. The molecule has 4 rings (SSSR count). The Morgan fingerprint density at radius 2 is 2.12 bits per heavy atom. The van der Waals surface area contributed by atoms with Crippen LogP contribution in [0.1, 0.15) is 23.9 Å². The van der Waals surface area contributed by atoms with E-state index in [-0.39, 0.29) is 17.4 Å². The molecule has 0 atom stereocenters. The molecule has 0 spiro atoms.